The highest BCUT2D eigenvalue weighted by Crippen LogP contribution is 2.43. The normalized spacial score (nSPS) is 22.3. The molecule has 0 spiro atoms. The molecule has 2 unspecified atom stereocenters. The van der Waals surface area contributed by atoms with Gasteiger partial charge in [-0.1, -0.05) is 35.2 Å². The summed E-state index contributed by atoms with van der Waals surface area (Å²) in [7, 11) is 0. The van der Waals surface area contributed by atoms with Crippen molar-refractivity contribution < 1.29 is 18.4 Å². The summed E-state index contributed by atoms with van der Waals surface area (Å²) in [6, 6.07) is 5.08. The van der Waals surface area contributed by atoms with Gasteiger partial charge < -0.3 is 15.5 Å². The number of hydrogen-bond donors (Lipinski definition) is 2. The van der Waals surface area contributed by atoms with Gasteiger partial charge in [-0.3, -0.25) is 9.59 Å². The molecule has 3 fully saturated rings. The zero-order valence-corrected chi connectivity index (χ0v) is 22.7. The molecule has 206 valence electrons. The van der Waals surface area contributed by atoms with Gasteiger partial charge in [-0.2, -0.15) is 0 Å². The van der Waals surface area contributed by atoms with Crippen LogP contribution in [0.5, 0.6) is 0 Å². The standard InChI is InChI=1S/C25H28F2N8O2S2/c26-25(27)12-35(13-25)18-6-2-5-17(28-18)11-20(37)30-24-34-32-22(39-24)16-4-1-3-15(10-16)21-31-33-23(38-21)29-19(36)9-14-7-8-14/h2,5-6,14-16H,1,3-4,7-13H2,(H,29,33,36)(H,30,34,37). The van der Waals surface area contributed by atoms with Crippen LogP contribution in [0.2, 0.25) is 0 Å². The van der Waals surface area contributed by atoms with E-state index in [0.717, 1.165) is 48.5 Å². The minimum absolute atomic E-state index is 0.00874. The summed E-state index contributed by atoms with van der Waals surface area (Å²) < 4.78 is 26.4. The Labute approximate surface area is 231 Å². The molecule has 2 aliphatic carbocycles. The Bertz CT molecular complexity index is 1350. The number of pyridine rings is 1. The van der Waals surface area contributed by atoms with E-state index in [1.54, 1.807) is 18.2 Å². The number of nitrogens with one attached hydrogen (secondary N) is 2. The van der Waals surface area contributed by atoms with Gasteiger partial charge in [0.15, 0.2) is 0 Å². The number of amides is 2. The molecule has 39 heavy (non-hydrogen) atoms. The van der Waals surface area contributed by atoms with E-state index in [2.05, 4.69) is 36.0 Å². The van der Waals surface area contributed by atoms with Gasteiger partial charge in [0.25, 0.3) is 5.92 Å². The zero-order chi connectivity index (χ0) is 27.0. The van der Waals surface area contributed by atoms with Gasteiger partial charge in [-0.05, 0) is 50.2 Å². The molecule has 2 amide bonds. The van der Waals surface area contributed by atoms with Crippen LogP contribution >= 0.6 is 22.7 Å². The second kappa shape index (κ2) is 10.8. The van der Waals surface area contributed by atoms with E-state index < -0.39 is 5.92 Å². The molecule has 6 rings (SSSR count). The van der Waals surface area contributed by atoms with Crippen molar-refractivity contribution in [2.45, 2.75) is 69.1 Å². The van der Waals surface area contributed by atoms with Gasteiger partial charge in [0, 0.05) is 18.3 Å². The van der Waals surface area contributed by atoms with Gasteiger partial charge in [-0.15, -0.1) is 20.4 Å². The molecular weight excluding hydrogens is 546 g/mol. The number of hydrogen-bond acceptors (Lipinski definition) is 10. The van der Waals surface area contributed by atoms with Crippen molar-refractivity contribution in [3.63, 3.8) is 0 Å². The van der Waals surface area contributed by atoms with Crippen molar-refractivity contribution in [2.24, 2.45) is 5.92 Å². The summed E-state index contributed by atoms with van der Waals surface area (Å²) in [6.45, 7) is -0.717. The van der Waals surface area contributed by atoms with Crippen LogP contribution in [0.3, 0.4) is 0 Å². The number of carbonyl (C=O) groups is 2. The summed E-state index contributed by atoms with van der Waals surface area (Å²) >= 11 is 2.81. The highest BCUT2D eigenvalue weighted by molar-refractivity contribution is 7.15. The average molecular weight is 575 g/mol. The predicted octanol–water partition coefficient (Wildman–Crippen LogP) is 4.60. The number of aromatic nitrogens is 5. The molecule has 1 saturated heterocycles. The maximum atomic E-state index is 13.2. The minimum Gasteiger partial charge on any atom is -0.344 e. The summed E-state index contributed by atoms with van der Waals surface area (Å²) in [4.78, 5) is 30.6. The van der Waals surface area contributed by atoms with Gasteiger partial charge in [-0.25, -0.2) is 13.8 Å². The molecule has 2 N–H and O–H groups in total. The lowest BCUT2D eigenvalue weighted by molar-refractivity contribution is -0.117. The van der Waals surface area contributed by atoms with E-state index in [-0.39, 0.29) is 43.2 Å². The fourth-order valence-corrected chi connectivity index (χ4v) is 6.85. The maximum absolute atomic E-state index is 13.2. The Hall–Kier alpha value is -3.13. The van der Waals surface area contributed by atoms with E-state index in [4.69, 9.17) is 0 Å². The van der Waals surface area contributed by atoms with Crippen molar-refractivity contribution in [1.82, 2.24) is 25.4 Å². The first-order valence-electron chi connectivity index (χ1n) is 13.1. The number of rotatable bonds is 9. The Morgan fingerprint density at radius 2 is 1.56 bits per heavy atom. The van der Waals surface area contributed by atoms with Crippen LogP contribution in [0.4, 0.5) is 24.9 Å². The van der Waals surface area contributed by atoms with Crippen LogP contribution < -0.4 is 15.5 Å². The van der Waals surface area contributed by atoms with Crippen molar-refractivity contribution in [3.8, 4) is 0 Å². The molecule has 2 atom stereocenters. The molecule has 4 heterocycles. The molecule has 2 saturated carbocycles. The SMILES string of the molecule is O=C(Cc1cccc(N2CC(F)(F)C2)n1)Nc1nnc(C2CCCC(c3nnc(NC(=O)CC4CC4)s3)C2)s1. The molecule has 0 bridgehead atoms. The lowest BCUT2D eigenvalue weighted by Gasteiger charge is -2.39. The van der Waals surface area contributed by atoms with Gasteiger partial charge >= 0.3 is 0 Å². The van der Waals surface area contributed by atoms with Crippen molar-refractivity contribution in [1.29, 1.82) is 0 Å². The van der Waals surface area contributed by atoms with Crippen LogP contribution in [0.25, 0.3) is 0 Å². The van der Waals surface area contributed by atoms with E-state index in [1.165, 1.54) is 27.6 Å². The predicted molar refractivity (Wildman–Crippen MR) is 143 cm³/mol. The highest BCUT2D eigenvalue weighted by atomic mass is 32.1. The largest absolute Gasteiger partial charge is 0.344 e. The van der Waals surface area contributed by atoms with Crippen LogP contribution in [0.15, 0.2) is 18.2 Å². The first-order chi connectivity index (χ1) is 18.8. The number of alkyl halides is 2. The van der Waals surface area contributed by atoms with E-state index >= 15 is 0 Å². The summed E-state index contributed by atoms with van der Waals surface area (Å²) in [5.41, 5.74) is 0.500. The van der Waals surface area contributed by atoms with Crippen molar-refractivity contribution >= 4 is 50.6 Å². The third-order valence-electron chi connectivity index (χ3n) is 7.22. The van der Waals surface area contributed by atoms with E-state index in [0.29, 0.717) is 34.1 Å². The number of anilines is 3. The summed E-state index contributed by atoms with van der Waals surface area (Å²) in [6.07, 6.45) is 6.69. The monoisotopic (exact) mass is 574 g/mol. The Morgan fingerprint density at radius 3 is 2.18 bits per heavy atom. The Kier molecular flexibility index (Phi) is 7.23. The van der Waals surface area contributed by atoms with Crippen LogP contribution in [-0.4, -0.2) is 56.2 Å². The van der Waals surface area contributed by atoms with Crippen molar-refractivity contribution in [3.05, 3.63) is 33.9 Å². The zero-order valence-electron chi connectivity index (χ0n) is 21.1. The quantitative estimate of drug-likeness (QED) is 0.380. The van der Waals surface area contributed by atoms with E-state index in [9.17, 15) is 18.4 Å². The average Bonchev–Trinajstić information content (AvgIpc) is 3.37. The summed E-state index contributed by atoms with van der Waals surface area (Å²) in [5.74, 6) is -1.56. The molecule has 1 aliphatic heterocycles. The lowest BCUT2D eigenvalue weighted by atomic mass is 9.82. The highest BCUT2D eigenvalue weighted by Gasteiger charge is 2.44. The lowest BCUT2D eigenvalue weighted by Crippen LogP contribution is -2.56. The van der Waals surface area contributed by atoms with Crippen molar-refractivity contribution in [2.75, 3.05) is 28.6 Å². The number of halogens is 2. The number of nitrogens with zero attached hydrogens (tertiary/aromatic N) is 6. The van der Waals surface area contributed by atoms with Gasteiger partial charge in [0.2, 0.25) is 22.1 Å². The van der Waals surface area contributed by atoms with Crippen LogP contribution in [-0.2, 0) is 16.0 Å². The van der Waals surface area contributed by atoms with Gasteiger partial charge in [0.1, 0.15) is 15.8 Å². The van der Waals surface area contributed by atoms with Crippen LogP contribution in [0, 0.1) is 5.92 Å². The molecule has 0 aromatic carbocycles. The minimum atomic E-state index is -2.68. The molecule has 3 aromatic heterocycles. The third-order valence-corrected chi connectivity index (χ3v) is 9.22. The molecule has 14 heteroatoms. The maximum Gasteiger partial charge on any atom is 0.282 e. The summed E-state index contributed by atoms with van der Waals surface area (Å²) in [5, 5.41) is 25.5. The second-order valence-corrected chi connectivity index (χ2v) is 12.6. The molecule has 10 nitrogen and oxygen atoms in total. The fourth-order valence-electron chi connectivity index (χ4n) is 5.04. The molecular formula is C25H28F2N8O2S2. The third kappa shape index (κ3) is 6.55. The van der Waals surface area contributed by atoms with Gasteiger partial charge in [0.05, 0.1) is 25.2 Å². The fraction of sp³-hybridized carbons (Fsp3) is 0.560. The molecule has 3 aromatic rings. The molecule has 3 aliphatic rings. The first-order valence-corrected chi connectivity index (χ1v) is 14.8. The number of carbonyl (C=O) groups excluding carboxylic acids is 2. The van der Waals surface area contributed by atoms with Crippen LogP contribution in [0.1, 0.15) is 72.5 Å². The van der Waals surface area contributed by atoms with E-state index in [1.807, 2.05) is 0 Å². The Balaban J connectivity index is 1.02. The Morgan fingerprint density at radius 1 is 0.923 bits per heavy atom. The molecule has 0 radical (unpaired) electrons. The topological polar surface area (TPSA) is 126 Å². The second-order valence-electron chi connectivity index (χ2n) is 10.6. The first kappa shape index (κ1) is 26.1. The smallest absolute Gasteiger partial charge is 0.282 e.